The highest BCUT2D eigenvalue weighted by Crippen LogP contribution is 2.13. The normalized spacial score (nSPS) is 10.4. The molecule has 4 heteroatoms. The molecule has 2 N–H and O–H groups in total. The van der Waals surface area contributed by atoms with Crippen molar-refractivity contribution in [1.29, 1.82) is 0 Å². The summed E-state index contributed by atoms with van der Waals surface area (Å²) >= 11 is 0. The van der Waals surface area contributed by atoms with Gasteiger partial charge in [0.2, 0.25) is 0 Å². The highest BCUT2D eigenvalue weighted by Gasteiger charge is 2.05. The third-order valence-electron chi connectivity index (χ3n) is 4.26. The van der Waals surface area contributed by atoms with E-state index in [9.17, 15) is 4.79 Å². The van der Waals surface area contributed by atoms with Crippen molar-refractivity contribution in [2.24, 2.45) is 0 Å². The Morgan fingerprint density at radius 1 is 0.963 bits per heavy atom. The minimum Gasteiger partial charge on any atom is -0.338 e. The highest BCUT2D eigenvalue weighted by molar-refractivity contribution is 5.89. The van der Waals surface area contributed by atoms with E-state index in [0.29, 0.717) is 6.54 Å². The van der Waals surface area contributed by atoms with Crippen molar-refractivity contribution >= 4 is 11.7 Å². The average Bonchev–Trinajstić information content (AvgIpc) is 2.68. The van der Waals surface area contributed by atoms with Gasteiger partial charge in [0.25, 0.3) is 0 Å². The third kappa shape index (κ3) is 6.26. The predicted molar refractivity (Wildman–Crippen MR) is 109 cm³/mol. The van der Waals surface area contributed by atoms with E-state index in [0.717, 1.165) is 36.3 Å². The molecule has 3 rings (SSSR count). The minimum atomic E-state index is -0.197. The van der Waals surface area contributed by atoms with Crippen LogP contribution >= 0.6 is 0 Å². The lowest BCUT2D eigenvalue weighted by Crippen LogP contribution is -2.30. The van der Waals surface area contributed by atoms with Crippen molar-refractivity contribution in [1.82, 2.24) is 10.3 Å². The van der Waals surface area contributed by atoms with Crippen LogP contribution in [0.4, 0.5) is 10.5 Å². The lowest BCUT2D eigenvalue weighted by atomic mass is 10.1. The second-order valence-corrected chi connectivity index (χ2v) is 6.51. The van der Waals surface area contributed by atoms with E-state index in [1.54, 1.807) is 0 Å². The number of benzene rings is 2. The number of pyridine rings is 1. The smallest absolute Gasteiger partial charge is 0.319 e. The lowest BCUT2D eigenvalue weighted by molar-refractivity contribution is 0.252. The number of anilines is 1. The maximum absolute atomic E-state index is 12.2. The number of hydrogen-bond acceptors (Lipinski definition) is 2. The second-order valence-electron chi connectivity index (χ2n) is 6.51. The molecule has 0 aliphatic carbocycles. The van der Waals surface area contributed by atoms with Gasteiger partial charge in [-0.25, -0.2) is 4.79 Å². The molecule has 0 atom stereocenters. The van der Waals surface area contributed by atoms with Gasteiger partial charge in [0, 0.05) is 23.6 Å². The molecule has 1 radical (unpaired) electrons. The molecule has 27 heavy (non-hydrogen) atoms. The zero-order chi connectivity index (χ0) is 18.9. The minimum absolute atomic E-state index is 0.197. The van der Waals surface area contributed by atoms with E-state index < -0.39 is 0 Å². The van der Waals surface area contributed by atoms with E-state index >= 15 is 0 Å². The first-order chi connectivity index (χ1) is 13.2. The Kier molecular flexibility index (Phi) is 6.58. The van der Waals surface area contributed by atoms with Gasteiger partial charge in [-0.15, -0.1) is 0 Å². The highest BCUT2D eigenvalue weighted by atomic mass is 16.2. The van der Waals surface area contributed by atoms with Gasteiger partial charge in [-0.3, -0.25) is 4.98 Å². The van der Waals surface area contributed by atoms with Crippen LogP contribution in [-0.2, 0) is 19.3 Å². The van der Waals surface area contributed by atoms with Gasteiger partial charge in [-0.1, -0.05) is 54.6 Å². The Labute approximate surface area is 160 Å². The van der Waals surface area contributed by atoms with Crippen LogP contribution in [0.1, 0.15) is 22.5 Å². The van der Waals surface area contributed by atoms with E-state index in [4.69, 9.17) is 0 Å². The SMILES string of the molecule is Cc1cc(NC(=O)NCCc2cc[c]cc2)cc(CCc2ccccc2)n1. The fourth-order valence-corrected chi connectivity index (χ4v) is 2.94. The molecule has 0 aliphatic rings. The summed E-state index contributed by atoms with van der Waals surface area (Å²) in [7, 11) is 0. The number of rotatable bonds is 7. The predicted octanol–water partition coefficient (Wildman–Crippen LogP) is 4.34. The third-order valence-corrected chi connectivity index (χ3v) is 4.26. The van der Waals surface area contributed by atoms with Crippen LogP contribution in [0.3, 0.4) is 0 Å². The molecule has 0 aliphatic heterocycles. The monoisotopic (exact) mass is 358 g/mol. The van der Waals surface area contributed by atoms with Crippen LogP contribution in [-0.4, -0.2) is 17.6 Å². The fourth-order valence-electron chi connectivity index (χ4n) is 2.94. The zero-order valence-corrected chi connectivity index (χ0v) is 15.5. The number of hydrogen-bond donors (Lipinski definition) is 2. The van der Waals surface area contributed by atoms with Gasteiger partial charge in [-0.05, 0) is 55.5 Å². The molecule has 0 spiro atoms. The number of nitrogens with zero attached hydrogens (tertiary/aromatic N) is 1. The molecule has 0 unspecified atom stereocenters. The molecular weight excluding hydrogens is 334 g/mol. The molecular formula is C23H24N3O. The quantitative estimate of drug-likeness (QED) is 0.660. The summed E-state index contributed by atoms with van der Waals surface area (Å²) < 4.78 is 0. The largest absolute Gasteiger partial charge is 0.338 e. The lowest BCUT2D eigenvalue weighted by Gasteiger charge is -2.10. The number of urea groups is 1. The summed E-state index contributed by atoms with van der Waals surface area (Å²) in [5, 5.41) is 5.81. The molecule has 1 heterocycles. The maximum Gasteiger partial charge on any atom is 0.319 e. The number of amides is 2. The van der Waals surface area contributed by atoms with Gasteiger partial charge < -0.3 is 10.6 Å². The first-order valence-electron chi connectivity index (χ1n) is 9.20. The Morgan fingerprint density at radius 3 is 2.48 bits per heavy atom. The summed E-state index contributed by atoms with van der Waals surface area (Å²) in [4.78, 5) is 16.7. The van der Waals surface area contributed by atoms with Crippen molar-refractivity contribution < 1.29 is 4.79 Å². The summed E-state index contributed by atoms with van der Waals surface area (Å²) in [6, 6.07) is 24.7. The molecule has 1 aromatic heterocycles. The summed E-state index contributed by atoms with van der Waals surface area (Å²) in [5.41, 5.74) is 5.12. The Balaban J connectivity index is 1.51. The van der Waals surface area contributed by atoms with Crippen molar-refractivity contribution in [3.63, 3.8) is 0 Å². The number of aromatic nitrogens is 1. The fraction of sp³-hybridized carbons (Fsp3) is 0.217. The van der Waals surface area contributed by atoms with Crippen LogP contribution < -0.4 is 10.6 Å². The number of carbonyl (C=O) groups excluding carboxylic acids is 1. The van der Waals surface area contributed by atoms with Gasteiger partial charge in [0.15, 0.2) is 0 Å². The van der Waals surface area contributed by atoms with Gasteiger partial charge in [-0.2, -0.15) is 0 Å². The Hall–Kier alpha value is -3.14. The molecule has 4 nitrogen and oxygen atoms in total. The van der Waals surface area contributed by atoms with E-state index in [2.05, 4.69) is 33.8 Å². The molecule has 3 aromatic rings. The zero-order valence-electron chi connectivity index (χ0n) is 15.5. The van der Waals surface area contributed by atoms with Crippen molar-refractivity contribution in [2.45, 2.75) is 26.2 Å². The summed E-state index contributed by atoms with van der Waals surface area (Å²) in [6.07, 6.45) is 2.56. The molecule has 0 fully saturated rings. The van der Waals surface area contributed by atoms with Crippen molar-refractivity contribution in [3.8, 4) is 0 Å². The Bertz CT molecular complexity index is 863. The molecule has 0 saturated heterocycles. The standard InChI is InChI=1S/C23H24N3O/c1-18-16-22(17-21(25-18)13-12-19-8-4-2-5-9-19)26-23(27)24-15-14-20-10-6-3-7-11-20/h2,4-11,16-17H,12-15H2,1H3,(H2,24,25,26,27). The Morgan fingerprint density at radius 2 is 1.70 bits per heavy atom. The van der Waals surface area contributed by atoms with Crippen LogP contribution in [0.2, 0.25) is 0 Å². The molecule has 2 amide bonds. The number of nitrogens with one attached hydrogen (secondary N) is 2. The van der Waals surface area contributed by atoms with E-state index in [1.165, 1.54) is 11.1 Å². The molecule has 0 bridgehead atoms. The summed E-state index contributed by atoms with van der Waals surface area (Å²) in [5.74, 6) is 0. The van der Waals surface area contributed by atoms with E-state index in [1.807, 2.05) is 61.5 Å². The van der Waals surface area contributed by atoms with Gasteiger partial charge >= 0.3 is 6.03 Å². The molecule has 2 aromatic carbocycles. The first kappa shape index (κ1) is 18.6. The van der Waals surface area contributed by atoms with Crippen molar-refractivity contribution in [2.75, 3.05) is 11.9 Å². The van der Waals surface area contributed by atoms with Gasteiger partial charge in [0.1, 0.15) is 0 Å². The maximum atomic E-state index is 12.2. The van der Waals surface area contributed by atoms with Crippen LogP contribution in [0.5, 0.6) is 0 Å². The van der Waals surface area contributed by atoms with Crippen molar-refractivity contribution in [3.05, 3.63) is 95.3 Å². The van der Waals surface area contributed by atoms with Crippen LogP contribution in [0, 0.1) is 13.0 Å². The van der Waals surface area contributed by atoms with Crippen LogP contribution in [0.25, 0.3) is 0 Å². The first-order valence-corrected chi connectivity index (χ1v) is 9.20. The molecule has 0 saturated carbocycles. The summed E-state index contributed by atoms with van der Waals surface area (Å²) in [6.45, 7) is 2.53. The molecule has 137 valence electrons. The van der Waals surface area contributed by atoms with Gasteiger partial charge in [0.05, 0.1) is 0 Å². The average molecular weight is 358 g/mol. The number of aryl methyl sites for hydroxylation is 3. The van der Waals surface area contributed by atoms with E-state index in [-0.39, 0.29) is 6.03 Å². The topological polar surface area (TPSA) is 54.0 Å². The second kappa shape index (κ2) is 9.53. The van der Waals surface area contributed by atoms with Crippen LogP contribution in [0.15, 0.2) is 66.7 Å². The number of carbonyl (C=O) groups is 1.